The summed E-state index contributed by atoms with van der Waals surface area (Å²) >= 11 is 0. The average molecular weight is 295 g/mol. The van der Waals surface area contributed by atoms with E-state index in [1.807, 2.05) is 36.4 Å². The van der Waals surface area contributed by atoms with Gasteiger partial charge in [0.2, 0.25) is 5.91 Å². The number of rotatable bonds is 4. The van der Waals surface area contributed by atoms with Crippen molar-refractivity contribution in [2.75, 3.05) is 0 Å². The van der Waals surface area contributed by atoms with Crippen LogP contribution in [-0.4, -0.2) is 11.0 Å². The normalized spacial score (nSPS) is 16.9. The van der Waals surface area contributed by atoms with E-state index in [0.717, 1.165) is 30.4 Å². The second-order valence-electron chi connectivity index (χ2n) is 5.79. The van der Waals surface area contributed by atoms with Crippen molar-refractivity contribution in [3.63, 3.8) is 0 Å². The Morgan fingerprint density at radius 3 is 2.64 bits per heavy atom. The van der Waals surface area contributed by atoms with Crippen LogP contribution in [-0.2, 0) is 24.4 Å². The number of aliphatic hydroxyl groups is 1. The number of nitrogens with one attached hydrogen (secondary N) is 1. The molecule has 0 bridgehead atoms. The number of aryl methyl sites for hydroxylation is 1. The van der Waals surface area contributed by atoms with Crippen LogP contribution in [0.3, 0.4) is 0 Å². The topological polar surface area (TPSA) is 49.3 Å². The molecule has 22 heavy (non-hydrogen) atoms. The van der Waals surface area contributed by atoms with E-state index in [2.05, 4.69) is 17.4 Å². The summed E-state index contributed by atoms with van der Waals surface area (Å²) in [7, 11) is 0. The molecular formula is C19H21NO2. The van der Waals surface area contributed by atoms with E-state index >= 15 is 0 Å². The molecule has 0 saturated heterocycles. The minimum Gasteiger partial charge on any atom is -0.392 e. The van der Waals surface area contributed by atoms with Gasteiger partial charge in [-0.3, -0.25) is 4.79 Å². The number of carbonyl (C=O) groups is 1. The summed E-state index contributed by atoms with van der Waals surface area (Å²) < 4.78 is 0. The number of benzene rings is 2. The Hall–Kier alpha value is -2.13. The number of hydrogen-bond donors (Lipinski definition) is 2. The van der Waals surface area contributed by atoms with Crippen molar-refractivity contribution in [1.29, 1.82) is 0 Å². The fourth-order valence-electron chi connectivity index (χ4n) is 3.22. The van der Waals surface area contributed by atoms with Crippen LogP contribution in [0.25, 0.3) is 0 Å². The average Bonchev–Trinajstić information content (AvgIpc) is 2.59. The summed E-state index contributed by atoms with van der Waals surface area (Å²) in [5.74, 6) is 0.0335. The second-order valence-corrected chi connectivity index (χ2v) is 5.79. The van der Waals surface area contributed by atoms with Gasteiger partial charge >= 0.3 is 0 Å². The molecule has 114 valence electrons. The van der Waals surface area contributed by atoms with Crippen LogP contribution in [0.4, 0.5) is 0 Å². The van der Waals surface area contributed by atoms with Gasteiger partial charge in [0.15, 0.2) is 0 Å². The van der Waals surface area contributed by atoms with Crippen LogP contribution in [0.2, 0.25) is 0 Å². The maximum Gasteiger partial charge on any atom is 0.227 e. The number of fused-ring (bicyclic) bond motifs is 1. The van der Waals surface area contributed by atoms with Gasteiger partial charge in [0, 0.05) is 6.54 Å². The van der Waals surface area contributed by atoms with E-state index < -0.39 is 0 Å². The first-order valence-electron chi connectivity index (χ1n) is 7.82. The molecule has 1 aliphatic rings. The van der Waals surface area contributed by atoms with Gasteiger partial charge in [-0.2, -0.15) is 0 Å². The standard InChI is InChI=1S/C19H21NO2/c21-13-16-8-2-1-7-15(16)12-20-19(22)18-11-5-9-14-6-3-4-10-17(14)18/h1-4,6-8,10,18,21H,5,9,11-13H2,(H,20,22)/t18-/m1/s1. The fourth-order valence-corrected chi connectivity index (χ4v) is 3.22. The minimum atomic E-state index is -0.0498. The molecule has 0 aromatic heterocycles. The Balaban J connectivity index is 1.71. The number of hydrogen-bond acceptors (Lipinski definition) is 2. The molecule has 0 unspecified atom stereocenters. The summed E-state index contributed by atoms with van der Waals surface area (Å²) in [6.45, 7) is 0.465. The van der Waals surface area contributed by atoms with Gasteiger partial charge in [-0.1, -0.05) is 48.5 Å². The van der Waals surface area contributed by atoms with Crippen molar-refractivity contribution in [2.45, 2.75) is 38.3 Å². The zero-order chi connectivity index (χ0) is 15.4. The highest BCUT2D eigenvalue weighted by molar-refractivity contribution is 5.84. The fraction of sp³-hybridized carbons (Fsp3) is 0.316. The molecule has 0 saturated carbocycles. The van der Waals surface area contributed by atoms with Crippen LogP contribution in [0.1, 0.15) is 41.0 Å². The van der Waals surface area contributed by atoms with Crippen molar-refractivity contribution < 1.29 is 9.90 Å². The SMILES string of the molecule is O=C(NCc1ccccc1CO)[C@@H]1CCCc2ccccc21. The third-order valence-electron chi connectivity index (χ3n) is 4.43. The lowest BCUT2D eigenvalue weighted by atomic mass is 9.82. The Labute approximate surface area is 131 Å². The monoisotopic (exact) mass is 295 g/mol. The molecule has 0 fully saturated rings. The van der Waals surface area contributed by atoms with Crippen molar-refractivity contribution in [2.24, 2.45) is 0 Å². The van der Waals surface area contributed by atoms with Crippen LogP contribution in [0.5, 0.6) is 0 Å². The Kier molecular flexibility index (Phi) is 4.54. The predicted octanol–water partition coefficient (Wildman–Crippen LogP) is 2.92. The second kappa shape index (κ2) is 6.75. The molecule has 3 rings (SSSR count). The quantitative estimate of drug-likeness (QED) is 0.911. The third kappa shape index (κ3) is 3.04. The van der Waals surface area contributed by atoms with E-state index in [1.54, 1.807) is 0 Å². The number of carbonyl (C=O) groups excluding carboxylic acids is 1. The van der Waals surface area contributed by atoms with Gasteiger partial charge < -0.3 is 10.4 Å². The lowest BCUT2D eigenvalue weighted by Crippen LogP contribution is -2.31. The molecule has 2 aromatic rings. The van der Waals surface area contributed by atoms with Crippen LogP contribution in [0, 0.1) is 0 Å². The molecule has 0 aliphatic heterocycles. The van der Waals surface area contributed by atoms with Crippen LogP contribution in [0.15, 0.2) is 48.5 Å². The molecular weight excluding hydrogens is 274 g/mol. The smallest absolute Gasteiger partial charge is 0.227 e. The Morgan fingerprint density at radius 2 is 1.82 bits per heavy atom. The summed E-state index contributed by atoms with van der Waals surface area (Å²) in [4.78, 5) is 12.6. The molecule has 0 heterocycles. The summed E-state index contributed by atoms with van der Waals surface area (Å²) in [6.07, 6.45) is 3.03. The highest BCUT2D eigenvalue weighted by Crippen LogP contribution is 2.31. The molecule has 1 aliphatic carbocycles. The van der Waals surface area contributed by atoms with Gasteiger partial charge in [-0.15, -0.1) is 0 Å². The van der Waals surface area contributed by atoms with Gasteiger partial charge in [0.1, 0.15) is 0 Å². The number of aliphatic hydroxyl groups excluding tert-OH is 1. The maximum atomic E-state index is 12.6. The molecule has 1 amide bonds. The van der Waals surface area contributed by atoms with Gasteiger partial charge in [-0.25, -0.2) is 0 Å². The summed E-state index contributed by atoms with van der Waals surface area (Å²) in [5, 5.41) is 12.4. The maximum absolute atomic E-state index is 12.6. The molecule has 0 spiro atoms. The van der Waals surface area contributed by atoms with Crippen molar-refractivity contribution >= 4 is 5.91 Å². The first-order valence-corrected chi connectivity index (χ1v) is 7.82. The molecule has 2 N–H and O–H groups in total. The van der Waals surface area contributed by atoms with Crippen molar-refractivity contribution in [1.82, 2.24) is 5.32 Å². The van der Waals surface area contributed by atoms with E-state index in [4.69, 9.17) is 0 Å². The van der Waals surface area contributed by atoms with Crippen molar-refractivity contribution in [3.05, 3.63) is 70.8 Å². The first kappa shape index (κ1) is 14.8. The molecule has 1 atom stereocenters. The summed E-state index contributed by atoms with van der Waals surface area (Å²) in [5.41, 5.74) is 4.31. The van der Waals surface area contributed by atoms with Crippen LogP contribution >= 0.6 is 0 Å². The van der Waals surface area contributed by atoms with Gasteiger partial charge in [-0.05, 0) is 41.5 Å². The predicted molar refractivity (Wildman–Crippen MR) is 86.3 cm³/mol. The van der Waals surface area contributed by atoms with E-state index in [0.29, 0.717) is 6.54 Å². The zero-order valence-electron chi connectivity index (χ0n) is 12.6. The Morgan fingerprint density at radius 1 is 1.09 bits per heavy atom. The van der Waals surface area contributed by atoms with E-state index in [1.165, 1.54) is 11.1 Å². The molecule has 2 aromatic carbocycles. The van der Waals surface area contributed by atoms with E-state index in [9.17, 15) is 9.90 Å². The highest BCUT2D eigenvalue weighted by Gasteiger charge is 2.25. The highest BCUT2D eigenvalue weighted by atomic mass is 16.3. The van der Waals surface area contributed by atoms with Crippen LogP contribution < -0.4 is 5.32 Å². The number of amides is 1. The van der Waals surface area contributed by atoms with E-state index in [-0.39, 0.29) is 18.4 Å². The lowest BCUT2D eigenvalue weighted by molar-refractivity contribution is -0.123. The minimum absolute atomic E-state index is 0.00168. The van der Waals surface area contributed by atoms with Gasteiger partial charge in [0.05, 0.1) is 12.5 Å². The zero-order valence-corrected chi connectivity index (χ0v) is 12.6. The lowest BCUT2D eigenvalue weighted by Gasteiger charge is -2.24. The molecule has 3 nitrogen and oxygen atoms in total. The Bertz CT molecular complexity index is 666. The van der Waals surface area contributed by atoms with Gasteiger partial charge in [0.25, 0.3) is 0 Å². The molecule has 3 heteroatoms. The summed E-state index contributed by atoms with van der Waals surface area (Å²) in [6, 6.07) is 15.9. The van der Waals surface area contributed by atoms with Crippen molar-refractivity contribution in [3.8, 4) is 0 Å². The molecule has 0 radical (unpaired) electrons. The third-order valence-corrected chi connectivity index (χ3v) is 4.43. The largest absolute Gasteiger partial charge is 0.392 e. The first-order chi connectivity index (χ1) is 10.8.